The molecule has 0 N–H and O–H groups in total. The summed E-state index contributed by atoms with van der Waals surface area (Å²) in [6.45, 7) is 0. The third kappa shape index (κ3) is 10.3. The van der Waals surface area contributed by atoms with E-state index in [2.05, 4.69) is 0 Å². The minimum absolute atomic E-state index is 0.237. The van der Waals surface area contributed by atoms with Crippen molar-refractivity contribution < 1.29 is 9.90 Å². The summed E-state index contributed by atoms with van der Waals surface area (Å²) in [7, 11) is 0. The van der Waals surface area contributed by atoms with Crippen LogP contribution in [0.15, 0.2) is 0 Å². The fourth-order valence-corrected chi connectivity index (χ4v) is 3.42. The molecule has 1 rings (SSSR count). The van der Waals surface area contributed by atoms with E-state index in [9.17, 15) is 9.90 Å². The second kappa shape index (κ2) is 12.2. The molecule has 1 saturated carbocycles. The second-order valence-corrected chi connectivity index (χ2v) is 6.60. The van der Waals surface area contributed by atoms with E-state index in [-0.39, 0.29) is 6.42 Å². The van der Waals surface area contributed by atoms with E-state index in [1.807, 2.05) is 0 Å². The topological polar surface area (TPSA) is 40.1 Å². The van der Waals surface area contributed by atoms with Crippen molar-refractivity contribution in [2.24, 2.45) is 5.92 Å². The molecule has 0 aromatic carbocycles. The number of aliphatic carboxylic acids is 1. The van der Waals surface area contributed by atoms with Crippen molar-refractivity contribution in [3.63, 3.8) is 0 Å². The van der Waals surface area contributed by atoms with Gasteiger partial charge in [-0.3, -0.25) is 0 Å². The second-order valence-electron chi connectivity index (χ2n) is 6.60. The van der Waals surface area contributed by atoms with Crippen molar-refractivity contribution in [3.05, 3.63) is 0 Å². The fraction of sp³-hybridized carbons (Fsp3) is 0.944. The number of carbonyl (C=O) groups is 1. The normalized spacial score (nSPS) is 15.8. The number of hydrogen-bond acceptors (Lipinski definition) is 2. The van der Waals surface area contributed by atoms with Crippen LogP contribution in [0.5, 0.6) is 0 Å². The van der Waals surface area contributed by atoms with E-state index in [1.165, 1.54) is 83.5 Å². The Kier molecular flexibility index (Phi) is 10.7. The van der Waals surface area contributed by atoms with E-state index >= 15 is 0 Å². The smallest absolute Gasteiger partial charge is 0.0414 e. The SMILES string of the molecule is O=C([O-])CCCCCCCCCCCCC1CCCC1. The molecule has 2 nitrogen and oxygen atoms in total. The molecule has 0 unspecified atom stereocenters. The molecule has 2 heteroatoms. The molecule has 1 fully saturated rings. The fourth-order valence-electron chi connectivity index (χ4n) is 3.42. The van der Waals surface area contributed by atoms with Gasteiger partial charge in [0.2, 0.25) is 0 Å². The Balaban J connectivity index is 1.69. The van der Waals surface area contributed by atoms with Crippen molar-refractivity contribution in [1.82, 2.24) is 0 Å². The summed E-state index contributed by atoms with van der Waals surface area (Å²) in [5.74, 6) is 0.165. The van der Waals surface area contributed by atoms with Crippen LogP contribution in [0.3, 0.4) is 0 Å². The van der Waals surface area contributed by atoms with Gasteiger partial charge in [-0.05, 0) is 18.8 Å². The van der Waals surface area contributed by atoms with Gasteiger partial charge in [0, 0.05) is 5.97 Å². The number of hydrogen-bond donors (Lipinski definition) is 0. The first-order chi connectivity index (χ1) is 9.79. The summed E-state index contributed by atoms with van der Waals surface area (Å²) in [6.07, 6.45) is 20.4. The Hall–Kier alpha value is -0.530. The lowest BCUT2D eigenvalue weighted by molar-refractivity contribution is -0.305. The summed E-state index contributed by atoms with van der Waals surface area (Å²) < 4.78 is 0. The predicted molar refractivity (Wildman–Crippen MR) is 82.4 cm³/mol. The molecule has 0 heterocycles. The van der Waals surface area contributed by atoms with Crippen LogP contribution in [0.4, 0.5) is 0 Å². The zero-order valence-electron chi connectivity index (χ0n) is 13.2. The molecule has 0 aromatic heterocycles. The van der Waals surface area contributed by atoms with Gasteiger partial charge in [0.15, 0.2) is 0 Å². The number of unbranched alkanes of at least 4 members (excludes halogenated alkanes) is 9. The van der Waals surface area contributed by atoms with E-state index in [4.69, 9.17) is 0 Å². The molecule has 1 aliphatic carbocycles. The number of carboxylic acids is 1. The summed E-state index contributed by atoms with van der Waals surface area (Å²) in [6, 6.07) is 0. The van der Waals surface area contributed by atoms with Gasteiger partial charge in [-0.2, -0.15) is 0 Å². The van der Waals surface area contributed by atoms with Gasteiger partial charge in [0.25, 0.3) is 0 Å². The Morgan fingerprint density at radius 3 is 1.70 bits per heavy atom. The van der Waals surface area contributed by atoms with Crippen LogP contribution in [0.2, 0.25) is 0 Å². The molecular weight excluding hydrogens is 248 g/mol. The number of carboxylic acid groups (broad SMARTS) is 1. The first-order valence-electron chi connectivity index (χ1n) is 8.99. The molecule has 0 spiro atoms. The Bertz CT molecular complexity index is 232. The van der Waals surface area contributed by atoms with Crippen LogP contribution in [0.1, 0.15) is 103 Å². The van der Waals surface area contributed by atoms with E-state index < -0.39 is 5.97 Å². The van der Waals surface area contributed by atoms with Gasteiger partial charge < -0.3 is 9.90 Å². The van der Waals surface area contributed by atoms with Crippen molar-refractivity contribution in [2.45, 2.75) is 103 Å². The molecule has 118 valence electrons. The molecule has 0 aliphatic heterocycles. The van der Waals surface area contributed by atoms with Crippen LogP contribution in [0, 0.1) is 5.92 Å². The predicted octanol–water partition coefficient (Wildman–Crippen LogP) is 4.61. The maximum absolute atomic E-state index is 10.2. The number of carbonyl (C=O) groups excluding carboxylic acids is 1. The quantitative estimate of drug-likeness (QED) is 0.463. The van der Waals surface area contributed by atoms with E-state index in [0.29, 0.717) is 0 Å². The lowest BCUT2D eigenvalue weighted by atomic mass is 9.99. The summed E-state index contributed by atoms with van der Waals surface area (Å²) in [5, 5.41) is 10.2. The minimum Gasteiger partial charge on any atom is -0.550 e. The Morgan fingerprint density at radius 2 is 1.20 bits per heavy atom. The highest BCUT2D eigenvalue weighted by Gasteiger charge is 2.13. The Labute approximate surface area is 125 Å². The maximum atomic E-state index is 10.2. The summed E-state index contributed by atoms with van der Waals surface area (Å²) in [5.41, 5.74) is 0. The van der Waals surface area contributed by atoms with Gasteiger partial charge in [0.05, 0.1) is 0 Å². The summed E-state index contributed by atoms with van der Waals surface area (Å²) >= 11 is 0. The zero-order chi connectivity index (χ0) is 14.5. The monoisotopic (exact) mass is 281 g/mol. The van der Waals surface area contributed by atoms with Gasteiger partial charge in [-0.15, -0.1) is 0 Å². The van der Waals surface area contributed by atoms with Crippen molar-refractivity contribution in [1.29, 1.82) is 0 Å². The lowest BCUT2D eigenvalue weighted by Gasteiger charge is -2.08. The highest BCUT2D eigenvalue weighted by Crippen LogP contribution is 2.29. The summed E-state index contributed by atoms with van der Waals surface area (Å²) in [4.78, 5) is 10.2. The Morgan fingerprint density at radius 1 is 0.750 bits per heavy atom. The average Bonchev–Trinajstić information content (AvgIpc) is 2.93. The van der Waals surface area contributed by atoms with E-state index in [1.54, 1.807) is 0 Å². The van der Waals surface area contributed by atoms with Crippen LogP contribution in [0.25, 0.3) is 0 Å². The first kappa shape index (κ1) is 17.5. The molecule has 1 aliphatic rings. The average molecular weight is 281 g/mol. The van der Waals surface area contributed by atoms with Gasteiger partial charge in [-0.1, -0.05) is 89.9 Å². The minimum atomic E-state index is -0.900. The zero-order valence-corrected chi connectivity index (χ0v) is 13.2. The molecular formula is C18H33O2-. The van der Waals surface area contributed by atoms with Crippen LogP contribution in [-0.4, -0.2) is 5.97 Å². The highest BCUT2D eigenvalue weighted by atomic mass is 16.4. The molecule has 0 amide bonds. The molecule has 20 heavy (non-hydrogen) atoms. The van der Waals surface area contributed by atoms with Crippen molar-refractivity contribution in [3.8, 4) is 0 Å². The first-order valence-corrected chi connectivity index (χ1v) is 8.99. The largest absolute Gasteiger partial charge is 0.550 e. The standard InChI is InChI=1S/C18H34O2/c19-18(20)16-10-8-6-4-2-1-3-5-7-9-13-17-14-11-12-15-17/h17H,1-16H2,(H,19,20)/p-1. The third-order valence-corrected chi connectivity index (χ3v) is 4.72. The van der Waals surface area contributed by atoms with Crippen molar-refractivity contribution >= 4 is 5.97 Å². The third-order valence-electron chi connectivity index (χ3n) is 4.72. The molecule has 0 radical (unpaired) electrons. The number of rotatable bonds is 13. The molecule has 0 aromatic rings. The van der Waals surface area contributed by atoms with Crippen LogP contribution >= 0.6 is 0 Å². The van der Waals surface area contributed by atoms with Crippen LogP contribution in [-0.2, 0) is 4.79 Å². The van der Waals surface area contributed by atoms with Gasteiger partial charge >= 0.3 is 0 Å². The lowest BCUT2D eigenvalue weighted by Crippen LogP contribution is -2.21. The highest BCUT2D eigenvalue weighted by molar-refractivity contribution is 5.63. The van der Waals surface area contributed by atoms with E-state index in [0.717, 1.165) is 18.8 Å². The van der Waals surface area contributed by atoms with Gasteiger partial charge in [-0.25, -0.2) is 0 Å². The van der Waals surface area contributed by atoms with Crippen LogP contribution < -0.4 is 5.11 Å². The molecule has 0 atom stereocenters. The van der Waals surface area contributed by atoms with Crippen molar-refractivity contribution in [2.75, 3.05) is 0 Å². The molecule has 0 bridgehead atoms. The molecule has 0 saturated heterocycles. The van der Waals surface area contributed by atoms with Gasteiger partial charge in [0.1, 0.15) is 0 Å². The maximum Gasteiger partial charge on any atom is 0.0414 e.